The van der Waals surface area contributed by atoms with Gasteiger partial charge in [-0.2, -0.15) is 11.8 Å². The zero-order valence-electron chi connectivity index (χ0n) is 65.1. The lowest BCUT2D eigenvalue weighted by atomic mass is 9.91. The quantitative estimate of drug-likeness (QED) is 0.0576. The number of aliphatic hydroxyl groups is 1. The lowest BCUT2D eigenvalue weighted by molar-refractivity contribution is -0.157. The highest BCUT2D eigenvalue weighted by molar-refractivity contribution is 7.99. The molecule has 0 bridgehead atoms. The SMILES string of the molecule is C/C=C/C[C@@H](C)[C@@H](O)[C@H]1C(=O)N[C@@H](CC)C(=O)N(C)[C@H](CSCCCN(CC)CC)C(=O)N(C)[C@@H](CC(C)(C)OC)C(=O)N[C@H](C(C)C)C(=O)N(C)[C@H](CCC(C)C)C(=O)NC(C)C(=O)N[C@@H](C)C(=O)N(C)[C@@H](CC(C)C)C(=O)N(C)[C@@H](CC(C)C)C(=O)N(C)[C@@H](C(C)C)C(=O)N1C. The van der Waals surface area contributed by atoms with Gasteiger partial charge in [-0.1, -0.05) is 109 Å². The molecule has 26 heteroatoms. The summed E-state index contributed by atoms with van der Waals surface area (Å²) >= 11 is 1.44. The average molecular weight is 1410 g/mol. The highest BCUT2D eigenvalue weighted by Crippen LogP contribution is 2.27. The summed E-state index contributed by atoms with van der Waals surface area (Å²) in [7, 11) is 11.6. The van der Waals surface area contributed by atoms with E-state index in [0.717, 1.165) is 31.0 Å². The summed E-state index contributed by atoms with van der Waals surface area (Å²) in [5.74, 6) is -8.94. The normalized spacial score (nSPS) is 25.9. The zero-order chi connectivity index (χ0) is 75.7. The largest absolute Gasteiger partial charge is 0.390 e. The first kappa shape index (κ1) is 90.2. The molecule has 0 aromatic heterocycles. The molecule has 0 saturated carbocycles. The van der Waals surface area contributed by atoms with Crippen LogP contribution in [0.1, 0.15) is 183 Å². The molecule has 1 aliphatic rings. The third kappa shape index (κ3) is 26.3. The van der Waals surface area contributed by atoms with Gasteiger partial charge in [0.1, 0.15) is 66.5 Å². The van der Waals surface area contributed by atoms with Crippen molar-refractivity contribution in [3.8, 4) is 0 Å². The number of carbonyl (C=O) groups excluding carboxylic acids is 11. The summed E-state index contributed by atoms with van der Waals surface area (Å²) in [4.78, 5) is 176. The number of hydrogen-bond donors (Lipinski definition) is 5. The Hall–Kier alpha value is -5.86. The van der Waals surface area contributed by atoms with E-state index in [1.54, 1.807) is 61.5 Å². The van der Waals surface area contributed by atoms with Gasteiger partial charge in [0.05, 0.1) is 11.7 Å². The minimum atomic E-state index is -1.65. The van der Waals surface area contributed by atoms with Gasteiger partial charge in [-0.15, -0.1) is 0 Å². The van der Waals surface area contributed by atoms with Crippen LogP contribution in [0.25, 0.3) is 0 Å². The van der Waals surface area contributed by atoms with Crippen molar-refractivity contribution < 1.29 is 62.6 Å². The van der Waals surface area contributed by atoms with Crippen LogP contribution in [-0.4, -0.2) is 275 Å². The number of thioether (sulfide) groups is 1. The van der Waals surface area contributed by atoms with Crippen molar-refractivity contribution in [2.24, 2.45) is 35.5 Å². The van der Waals surface area contributed by atoms with Gasteiger partial charge in [0.2, 0.25) is 65.0 Å². The number of nitrogens with zero attached hydrogens (tertiary/aromatic N) is 8. The van der Waals surface area contributed by atoms with Gasteiger partial charge in [-0.05, 0) is 140 Å². The molecule has 1 fully saturated rings. The van der Waals surface area contributed by atoms with E-state index in [9.17, 15) is 19.5 Å². The Bertz CT molecular complexity index is 2640. The number of hydrogen-bond acceptors (Lipinski definition) is 15. The third-order valence-corrected chi connectivity index (χ3v) is 20.3. The van der Waals surface area contributed by atoms with Crippen molar-refractivity contribution in [1.82, 2.24) is 60.5 Å². The zero-order valence-corrected chi connectivity index (χ0v) is 65.9. The van der Waals surface area contributed by atoms with E-state index in [0.29, 0.717) is 18.6 Å². The lowest BCUT2D eigenvalue weighted by Crippen LogP contribution is -2.64. The molecule has 0 spiro atoms. The minimum absolute atomic E-state index is 0.00618. The fourth-order valence-corrected chi connectivity index (χ4v) is 13.4. The number of methoxy groups -OCH3 is 1. The van der Waals surface area contributed by atoms with Crippen LogP contribution in [0.2, 0.25) is 0 Å². The Morgan fingerprint density at radius 3 is 1.49 bits per heavy atom. The number of aliphatic hydroxyl groups excluding tert-OH is 1. The van der Waals surface area contributed by atoms with Crippen LogP contribution in [-0.2, 0) is 57.5 Å². The summed E-state index contributed by atoms with van der Waals surface area (Å²) in [6.45, 7) is 36.6. The first-order valence-corrected chi connectivity index (χ1v) is 36.8. The molecular formula is C72H132N12O13S. The van der Waals surface area contributed by atoms with Gasteiger partial charge in [0, 0.05) is 68.6 Å². The monoisotopic (exact) mass is 1400 g/mol. The molecule has 0 radical (unpaired) electrons. The second-order valence-corrected chi connectivity index (χ2v) is 30.8. The summed E-state index contributed by atoms with van der Waals surface area (Å²) in [5.41, 5.74) is -1.04. The first-order valence-electron chi connectivity index (χ1n) is 35.7. The summed E-state index contributed by atoms with van der Waals surface area (Å²) in [6, 6.07) is -14.1. The molecule has 13 atom stereocenters. The fourth-order valence-electron chi connectivity index (χ4n) is 12.3. The maximum Gasteiger partial charge on any atom is 0.246 e. The topological polar surface area (TPSA) is 291 Å². The summed E-state index contributed by atoms with van der Waals surface area (Å²) < 4.78 is 5.87. The van der Waals surface area contributed by atoms with Crippen molar-refractivity contribution in [3.63, 3.8) is 0 Å². The van der Waals surface area contributed by atoms with Gasteiger partial charge in [0.15, 0.2) is 0 Å². The summed E-state index contributed by atoms with van der Waals surface area (Å²) in [5, 5.41) is 23.6. The minimum Gasteiger partial charge on any atom is -0.390 e. The van der Waals surface area contributed by atoms with E-state index >= 15 is 38.4 Å². The lowest BCUT2D eigenvalue weighted by Gasteiger charge is -2.41. The molecule has 564 valence electrons. The van der Waals surface area contributed by atoms with Gasteiger partial charge in [-0.25, -0.2) is 0 Å². The maximum absolute atomic E-state index is 15.6. The van der Waals surface area contributed by atoms with E-state index in [1.165, 1.54) is 111 Å². The van der Waals surface area contributed by atoms with Crippen LogP contribution in [0.15, 0.2) is 12.2 Å². The highest BCUT2D eigenvalue weighted by Gasteiger charge is 2.47. The molecule has 98 heavy (non-hydrogen) atoms. The van der Waals surface area contributed by atoms with Crippen molar-refractivity contribution in [2.75, 3.05) is 87.6 Å². The highest BCUT2D eigenvalue weighted by atomic mass is 32.2. The first-order chi connectivity index (χ1) is 45.5. The Balaban J connectivity index is 4.63. The number of allylic oxidation sites excluding steroid dienone is 2. The molecule has 5 N–H and O–H groups in total. The predicted molar refractivity (Wildman–Crippen MR) is 388 cm³/mol. The molecular weight excluding hydrogens is 1270 g/mol. The van der Waals surface area contributed by atoms with Crippen LogP contribution in [0.4, 0.5) is 0 Å². The summed E-state index contributed by atoms with van der Waals surface area (Å²) in [6.07, 6.45) is 3.97. The standard InChI is InChI=1S/C72H132N12O13S/c1-28-32-34-48(15)60(85)59-64(89)75-51(29-2)66(91)81(24)56(42-98-38-33-37-84(30-3)31-4)69(94)80(23)55(41-72(18,19)97-27)63(88)76-57(46(11)12)70(95)77(20)52(36-35-43(5)6)62(87)73-49(16)61(86)74-50(17)65(90)78(21)53(39-44(7)8)67(92)79(22)54(40-45(9)10)68(93)82(25)58(47(13)14)71(96)83(59)26/h28,32,43-60,85H,29-31,33-42H2,1-27H3,(H,73,87)(H,74,86)(H,75,89)(H,76,88)/b32-28+/t48-,49?,50+,51+,52-,53+,54+,55+,56-,57-,58+,59+,60-/m1/s1. The molecule has 1 aliphatic heterocycles. The van der Waals surface area contributed by atoms with Crippen molar-refractivity contribution >= 4 is 76.7 Å². The van der Waals surface area contributed by atoms with Crippen LogP contribution in [0.5, 0.6) is 0 Å². The maximum atomic E-state index is 15.6. The van der Waals surface area contributed by atoms with E-state index in [1.807, 2.05) is 54.5 Å². The number of amides is 11. The van der Waals surface area contributed by atoms with Crippen LogP contribution in [0.3, 0.4) is 0 Å². The molecule has 1 saturated heterocycles. The third-order valence-electron chi connectivity index (χ3n) is 19.2. The Kier molecular flexibility index (Phi) is 39.0. The molecule has 1 heterocycles. The van der Waals surface area contributed by atoms with E-state index < -0.39 is 161 Å². The van der Waals surface area contributed by atoms with E-state index in [-0.39, 0.29) is 55.6 Å². The Labute approximate surface area is 593 Å². The van der Waals surface area contributed by atoms with Crippen LogP contribution >= 0.6 is 11.8 Å². The molecule has 1 unspecified atom stereocenters. The number of nitrogens with one attached hydrogen (secondary N) is 4. The molecule has 0 aromatic rings. The van der Waals surface area contributed by atoms with Crippen LogP contribution in [0, 0.1) is 35.5 Å². The van der Waals surface area contributed by atoms with Gasteiger partial charge < -0.3 is 70.3 Å². The molecule has 0 aliphatic carbocycles. The van der Waals surface area contributed by atoms with Crippen molar-refractivity contribution in [3.05, 3.63) is 12.2 Å². The number of carbonyl (C=O) groups is 11. The smallest absolute Gasteiger partial charge is 0.246 e. The van der Waals surface area contributed by atoms with E-state index in [4.69, 9.17) is 4.74 Å². The fraction of sp³-hybridized carbons (Fsp3) is 0.819. The van der Waals surface area contributed by atoms with Crippen molar-refractivity contribution in [1.29, 1.82) is 0 Å². The van der Waals surface area contributed by atoms with E-state index in [2.05, 4.69) is 40.0 Å². The Morgan fingerprint density at radius 2 is 1.01 bits per heavy atom. The second kappa shape index (κ2) is 42.4. The molecule has 25 nitrogen and oxygen atoms in total. The second-order valence-electron chi connectivity index (χ2n) is 29.6. The van der Waals surface area contributed by atoms with Gasteiger partial charge in [-0.3, -0.25) is 52.7 Å². The number of rotatable bonds is 25. The predicted octanol–water partition coefficient (Wildman–Crippen LogP) is 5.26. The molecule has 11 amide bonds. The average Bonchev–Trinajstić information content (AvgIpc) is 0.804. The number of likely N-dealkylation sites (N-methyl/N-ethyl adjacent to an activating group) is 7. The van der Waals surface area contributed by atoms with Crippen molar-refractivity contribution in [2.45, 2.75) is 261 Å². The number of ether oxygens (including phenoxy) is 1. The molecule has 0 aromatic carbocycles. The van der Waals surface area contributed by atoms with Gasteiger partial charge >= 0.3 is 0 Å². The van der Waals surface area contributed by atoms with Crippen LogP contribution < -0.4 is 21.3 Å². The Morgan fingerprint density at radius 1 is 0.541 bits per heavy atom. The molecule has 1 rings (SSSR count). The van der Waals surface area contributed by atoms with Gasteiger partial charge in [0.25, 0.3) is 0 Å².